The molecule has 0 saturated heterocycles. The fourth-order valence-corrected chi connectivity index (χ4v) is 2.26. The summed E-state index contributed by atoms with van der Waals surface area (Å²) in [6.45, 7) is 4.58. The van der Waals surface area contributed by atoms with Gasteiger partial charge in [-0.1, -0.05) is 0 Å². The Hall–Kier alpha value is -2.35. The van der Waals surface area contributed by atoms with Crippen molar-refractivity contribution < 1.29 is 0 Å². The molecule has 1 aliphatic rings. The van der Waals surface area contributed by atoms with Gasteiger partial charge in [-0.25, -0.2) is 0 Å². The van der Waals surface area contributed by atoms with Gasteiger partial charge in [0.2, 0.25) is 0 Å². The molecule has 0 amide bonds. The lowest BCUT2D eigenvalue weighted by atomic mass is 10.1. The van der Waals surface area contributed by atoms with Crippen LogP contribution in [0, 0.1) is 18.3 Å². The van der Waals surface area contributed by atoms with Crippen LogP contribution < -0.4 is 4.90 Å². The number of nitriles is 1. The summed E-state index contributed by atoms with van der Waals surface area (Å²) in [5, 5.41) is 17.0. The zero-order valence-corrected chi connectivity index (χ0v) is 10.2. The molecule has 0 unspecified atom stereocenters. The van der Waals surface area contributed by atoms with Crippen LogP contribution in [0.3, 0.4) is 0 Å². The van der Waals surface area contributed by atoms with E-state index in [-0.39, 0.29) is 0 Å². The first-order valence-electron chi connectivity index (χ1n) is 5.90. The number of aromatic nitrogens is 3. The van der Waals surface area contributed by atoms with Gasteiger partial charge in [-0.3, -0.25) is 0 Å². The average Bonchev–Trinajstić information content (AvgIpc) is 2.85. The van der Waals surface area contributed by atoms with Crippen molar-refractivity contribution in [2.24, 2.45) is 0 Å². The molecule has 1 aliphatic heterocycles. The molecule has 0 aliphatic carbocycles. The quantitative estimate of drug-likeness (QED) is 0.756. The molecule has 2 aromatic rings. The second-order valence-electron chi connectivity index (χ2n) is 4.47. The molecule has 0 atom stereocenters. The van der Waals surface area contributed by atoms with E-state index in [2.05, 4.69) is 31.8 Å². The Bertz CT molecular complexity index is 623. The van der Waals surface area contributed by atoms with Crippen LogP contribution in [0.25, 0.3) is 0 Å². The summed E-state index contributed by atoms with van der Waals surface area (Å²) in [4.78, 5) is 2.26. The van der Waals surface area contributed by atoms with E-state index in [1.807, 2.05) is 19.1 Å². The molecule has 0 spiro atoms. The van der Waals surface area contributed by atoms with Crippen molar-refractivity contribution in [1.82, 2.24) is 14.8 Å². The van der Waals surface area contributed by atoms with Gasteiger partial charge in [0.1, 0.15) is 6.33 Å². The zero-order valence-electron chi connectivity index (χ0n) is 10.2. The van der Waals surface area contributed by atoms with Crippen LogP contribution in [0.4, 0.5) is 5.69 Å². The number of rotatable bonds is 1. The SMILES string of the molecule is Cc1cc(N2CCn3cnnc3C2)ccc1C#N. The van der Waals surface area contributed by atoms with Gasteiger partial charge < -0.3 is 9.47 Å². The van der Waals surface area contributed by atoms with Crippen LogP contribution in [0.5, 0.6) is 0 Å². The number of hydrogen-bond acceptors (Lipinski definition) is 4. The third-order valence-electron chi connectivity index (χ3n) is 3.33. The lowest BCUT2D eigenvalue weighted by Gasteiger charge is -2.29. The van der Waals surface area contributed by atoms with E-state index in [0.717, 1.165) is 42.3 Å². The van der Waals surface area contributed by atoms with Gasteiger partial charge in [-0.05, 0) is 30.7 Å². The van der Waals surface area contributed by atoms with Gasteiger partial charge in [-0.15, -0.1) is 10.2 Å². The van der Waals surface area contributed by atoms with Gasteiger partial charge in [0.15, 0.2) is 5.82 Å². The number of aryl methyl sites for hydroxylation is 1. The molecule has 0 radical (unpaired) electrons. The first-order chi connectivity index (χ1) is 8.78. The van der Waals surface area contributed by atoms with E-state index in [9.17, 15) is 0 Å². The molecule has 2 heterocycles. The predicted octanol–water partition coefficient (Wildman–Crippen LogP) is 1.48. The minimum atomic E-state index is 0.735. The summed E-state index contributed by atoms with van der Waals surface area (Å²) in [5.74, 6) is 0.989. The summed E-state index contributed by atoms with van der Waals surface area (Å²) in [6, 6.07) is 8.13. The van der Waals surface area contributed by atoms with Crippen molar-refractivity contribution in [3.63, 3.8) is 0 Å². The summed E-state index contributed by atoms with van der Waals surface area (Å²) in [6.07, 6.45) is 1.77. The van der Waals surface area contributed by atoms with Crippen molar-refractivity contribution in [3.8, 4) is 6.07 Å². The van der Waals surface area contributed by atoms with Crippen LogP contribution in [0.15, 0.2) is 24.5 Å². The predicted molar refractivity (Wildman–Crippen MR) is 67.0 cm³/mol. The van der Waals surface area contributed by atoms with E-state index >= 15 is 0 Å². The Labute approximate surface area is 105 Å². The molecule has 5 nitrogen and oxygen atoms in total. The maximum Gasteiger partial charge on any atom is 0.152 e. The Morgan fingerprint density at radius 3 is 3.00 bits per heavy atom. The fraction of sp³-hybridized carbons (Fsp3) is 0.308. The van der Waals surface area contributed by atoms with Gasteiger partial charge in [-0.2, -0.15) is 5.26 Å². The third-order valence-corrected chi connectivity index (χ3v) is 3.33. The normalized spacial score (nSPS) is 14.1. The van der Waals surface area contributed by atoms with Crippen molar-refractivity contribution in [2.75, 3.05) is 11.4 Å². The Balaban J connectivity index is 1.89. The van der Waals surface area contributed by atoms with Crippen molar-refractivity contribution in [1.29, 1.82) is 5.26 Å². The average molecular weight is 239 g/mol. The Morgan fingerprint density at radius 2 is 2.22 bits per heavy atom. The van der Waals surface area contributed by atoms with Gasteiger partial charge in [0.25, 0.3) is 0 Å². The fourth-order valence-electron chi connectivity index (χ4n) is 2.26. The highest BCUT2D eigenvalue weighted by Gasteiger charge is 2.17. The molecule has 3 rings (SSSR count). The molecule has 0 saturated carbocycles. The molecular weight excluding hydrogens is 226 g/mol. The molecule has 0 fully saturated rings. The second kappa shape index (κ2) is 4.15. The Kier molecular flexibility index (Phi) is 2.49. The Morgan fingerprint density at radius 1 is 1.33 bits per heavy atom. The standard InChI is InChI=1S/C13H13N5/c1-10-6-12(3-2-11(10)7-14)17-4-5-18-9-15-16-13(18)8-17/h2-3,6,9H,4-5,8H2,1H3. The van der Waals surface area contributed by atoms with E-state index in [1.165, 1.54) is 0 Å². The molecule has 0 bridgehead atoms. The summed E-state index contributed by atoms with van der Waals surface area (Å²) in [5.41, 5.74) is 2.89. The lowest BCUT2D eigenvalue weighted by molar-refractivity contribution is 0.560. The number of benzene rings is 1. The van der Waals surface area contributed by atoms with Gasteiger partial charge in [0.05, 0.1) is 18.2 Å². The monoisotopic (exact) mass is 239 g/mol. The molecular formula is C13H13N5. The minimum Gasteiger partial charge on any atom is -0.362 e. The number of nitrogens with zero attached hydrogens (tertiary/aromatic N) is 5. The summed E-state index contributed by atoms with van der Waals surface area (Å²) in [7, 11) is 0. The largest absolute Gasteiger partial charge is 0.362 e. The minimum absolute atomic E-state index is 0.735. The molecule has 1 aromatic heterocycles. The maximum absolute atomic E-state index is 8.94. The van der Waals surface area contributed by atoms with E-state index in [0.29, 0.717) is 0 Å². The molecule has 90 valence electrons. The molecule has 5 heteroatoms. The maximum atomic E-state index is 8.94. The smallest absolute Gasteiger partial charge is 0.152 e. The topological polar surface area (TPSA) is 57.7 Å². The molecule has 18 heavy (non-hydrogen) atoms. The highest BCUT2D eigenvalue weighted by atomic mass is 15.3. The summed E-state index contributed by atoms with van der Waals surface area (Å²) >= 11 is 0. The second-order valence-corrected chi connectivity index (χ2v) is 4.47. The van der Waals surface area contributed by atoms with E-state index in [4.69, 9.17) is 5.26 Å². The van der Waals surface area contributed by atoms with Crippen molar-refractivity contribution >= 4 is 5.69 Å². The lowest BCUT2D eigenvalue weighted by Crippen LogP contribution is -2.33. The van der Waals surface area contributed by atoms with Gasteiger partial charge in [0, 0.05) is 18.8 Å². The van der Waals surface area contributed by atoms with Crippen LogP contribution >= 0.6 is 0 Å². The van der Waals surface area contributed by atoms with Gasteiger partial charge >= 0.3 is 0 Å². The first-order valence-corrected chi connectivity index (χ1v) is 5.90. The highest BCUT2D eigenvalue weighted by Crippen LogP contribution is 2.22. The molecule has 0 N–H and O–H groups in total. The van der Waals surface area contributed by atoms with Crippen LogP contribution in [0.2, 0.25) is 0 Å². The third kappa shape index (κ3) is 1.72. The number of anilines is 1. The number of fused-ring (bicyclic) bond motifs is 1. The van der Waals surface area contributed by atoms with E-state index < -0.39 is 0 Å². The molecule has 1 aromatic carbocycles. The zero-order chi connectivity index (χ0) is 12.5. The summed E-state index contributed by atoms with van der Waals surface area (Å²) < 4.78 is 2.08. The first kappa shape index (κ1) is 10.8. The number of hydrogen-bond donors (Lipinski definition) is 0. The van der Waals surface area contributed by atoms with Crippen LogP contribution in [0.1, 0.15) is 17.0 Å². The van der Waals surface area contributed by atoms with Crippen molar-refractivity contribution in [2.45, 2.75) is 20.0 Å². The van der Waals surface area contributed by atoms with Crippen molar-refractivity contribution in [3.05, 3.63) is 41.5 Å². The highest BCUT2D eigenvalue weighted by molar-refractivity contribution is 5.53. The van der Waals surface area contributed by atoms with Crippen LogP contribution in [-0.2, 0) is 13.1 Å². The van der Waals surface area contributed by atoms with Crippen LogP contribution in [-0.4, -0.2) is 21.3 Å². The van der Waals surface area contributed by atoms with E-state index in [1.54, 1.807) is 6.33 Å².